The quantitative estimate of drug-likeness (QED) is 0.0515. The van der Waals surface area contributed by atoms with Crippen molar-refractivity contribution in [1.29, 1.82) is 0 Å². The fraction of sp³-hybridized carbons (Fsp3) is 0.511. The summed E-state index contributed by atoms with van der Waals surface area (Å²) < 4.78 is 35.1. The van der Waals surface area contributed by atoms with Gasteiger partial charge < -0.3 is 19.1 Å². The largest absolute Gasteiger partial charge is 0.443 e. The van der Waals surface area contributed by atoms with E-state index < -0.39 is 27.8 Å². The summed E-state index contributed by atoms with van der Waals surface area (Å²) in [5.41, 5.74) is 3.21. The number of benzene rings is 2. The molecule has 0 atom stereocenters. The Labute approximate surface area is 351 Å². The highest BCUT2D eigenvalue weighted by Crippen LogP contribution is 2.33. The fourth-order valence-corrected chi connectivity index (χ4v) is 8.55. The van der Waals surface area contributed by atoms with E-state index in [9.17, 15) is 9.18 Å². The number of hydrogen-bond donors (Lipinski definition) is 0. The number of piperidine rings is 1. The van der Waals surface area contributed by atoms with Crippen LogP contribution in [0.25, 0.3) is 27.7 Å². The lowest BCUT2D eigenvalue weighted by Gasteiger charge is -2.35. The smallest absolute Gasteiger partial charge is 0.416 e. The topological polar surface area (TPSA) is 97.6 Å². The van der Waals surface area contributed by atoms with E-state index >= 15 is 0 Å². The molecule has 2 aromatic carbocycles. The van der Waals surface area contributed by atoms with Crippen molar-refractivity contribution in [2.75, 3.05) is 56.1 Å². The van der Waals surface area contributed by atoms with Gasteiger partial charge in [-0.1, -0.05) is 69.6 Å². The van der Waals surface area contributed by atoms with Crippen molar-refractivity contribution in [2.45, 2.75) is 97.1 Å². The number of aromatic nitrogens is 4. The van der Waals surface area contributed by atoms with Crippen molar-refractivity contribution >= 4 is 50.4 Å². The number of carbonyl (C=O) groups excluding carboxylic acids is 1. The summed E-state index contributed by atoms with van der Waals surface area (Å²) in [6.07, 6.45) is 4.92. The Morgan fingerprint density at radius 1 is 0.881 bits per heavy atom. The van der Waals surface area contributed by atoms with Gasteiger partial charge >= 0.3 is 6.09 Å². The third-order valence-corrected chi connectivity index (χ3v) is 13.9. The predicted molar refractivity (Wildman–Crippen MR) is 242 cm³/mol. The Morgan fingerprint density at radius 3 is 2.17 bits per heavy atom. The van der Waals surface area contributed by atoms with Crippen molar-refractivity contribution < 1.29 is 23.4 Å². The van der Waals surface area contributed by atoms with E-state index in [0.717, 1.165) is 50.1 Å². The van der Waals surface area contributed by atoms with Crippen molar-refractivity contribution in [3.05, 3.63) is 84.4 Å². The van der Waals surface area contributed by atoms with Crippen LogP contribution in [0.5, 0.6) is 0 Å². The van der Waals surface area contributed by atoms with E-state index in [0.29, 0.717) is 53.5 Å². The number of amides is 1. The number of fused-ring (bicyclic) bond motifs is 2. The van der Waals surface area contributed by atoms with Gasteiger partial charge in [0.05, 0.1) is 11.7 Å². The average Bonchev–Trinajstić information content (AvgIpc) is 3.59. The Morgan fingerprint density at radius 2 is 1.54 bits per heavy atom. The van der Waals surface area contributed by atoms with Crippen LogP contribution >= 0.6 is 0 Å². The minimum absolute atomic E-state index is 0.228. The molecule has 1 fully saturated rings. The molecule has 1 saturated heterocycles. The second kappa shape index (κ2) is 19.0. The maximum atomic E-state index is 14.4. The monoisotopic (exact) mass is 841 g/mol. The minimum Gasteiger partial charge on any atom is -0.443 e. The molecule has 1 amide bonds. The lowest BCUT2D eigenvalue weighted by Crippen LogP contribution is -2.43. The zero-order valence-corrected chi connectivity index (χ0v) is 38.6. The molecule has 11 nitrogen and oxygen atoms in total. The van der Waals surface area contributed by atoms with Crippen LogP contribution in [0.4, 0.5) is 20.8 Å². The van der Waals surface area contributed by atoms with Gasteiger partial charge in [-0.2, -0.15) is 9.61 Å². The molecule has 0 saturated carbocycles. The summed E-state index contributed by atoms with van der Waals surface area (Å²) in [5.74, 6) is 1.01. The van der Waals surface area contributed by atoms with Gasteiger partial charge in [0.25, 0.3) is 0 Å². The SMILES string of the molecule is CC(C)(C)OC(=O)N(CC1CCN(Cc2ccccc2)CC1)c1cc(N(COCC[Si](C)(C)C)COCC[Si](C)(C)C)n2ncc(-c3cnc4ccc(F)cc4c3)c2n1. The minimum atomic E-state index is -1.35. The first-order valence-corrected chi connectivity index (χ1v) is 28.4. The molecule has 59 heavy (non-hydrogen) atoms. The number of pyridine rings is 1. The van der Waals surface area contributed by atoms with Gasteiger partial charge in [-0.25, -0.2) is 14.2 Å². The Hall–Kier alpha value is -4.22. The zero-order chi connectivity index (χ0) is 42.4. The van der Waals surface area contributed by atoms with Crippen LogP contribution in [0.15, 0.2) is 73.1 Å². The summed E-state index contributed by atoms with van der Waals surface area (Å²) in [6, 6.07) is 21.0. The first kappa shape index (κ1) is 44.3. The van der Waals surface area contributed by atoms with Gasteiger partial charge in [-0.05, 0) is 94.5 Å². The molecule has 0 unspecified atom stereocenters. The second-order valence-electron chi connectivity index (χ2n) is 19.4. The van der Waals surface area contributed by atoms with Gasteiger partial charge in [0, 0.05) is 71.2 Å². The molecule has 14 heteroatoms. The Balaban J connectivity index is 1.41. The van der Waals surface area contributed by atoms with E-state index in [1.165, 1.54) is 17.7 Å². The molecule has 6 rings (SSSR count). The zero-order valence-electron chi connectivity index (χ0n) is 36.6. The van der Waals surface area contributed by atoms with Crippen LogP contribution in [0.1, 0.15) is 39.2 Å². The Kier molecular flexibility index (Phi) is 14.3. The highest BCUT2D eigenvalue weighted by Gasteiger charge is 2.31. The molecule has 4 heterocycles. The number of hydrogen-bond acceptors (Lipinski definition) is 9. The standard InChI is InChI=1S/C45H64FN7O4Si2/c1-45(2,3)57-44(54)52(31-35-17-19-50(20-18-35)30-34-13-11-10-12-14-34)41-27-42(51(32-55-21-23-58(4,5)6)33-56-22-24-59(7,8)9)53-43(49-41)39(29-48-53)37-25-36-26-38(46)15-16-40(36)47-28-37/h10-16,25-29,35H,17-24,30-33H2,1-9H3. The number of nitrogens with zero attached hydrogens (tertiary/aromatic N) is 7. The number of rotatable bonds is 17. The van der Waals surface area contributed by atoms with Gasteiger partial charge in [0.1, 0.15) is 36.5 Å². The first-order valence-electron chi connectivity index (χ1n) is 21.0. The first-order chi connectivity index (χ1) is 27.9. The van der Waals surface area contributed by atoms with Crippen LogP contribution in [0.3, 0.4) is 0 Å². The Bertz CT molecular complexity index is 2140. The molecule has 0 radical (unpaired) electrons. The number of carbonyl (C=O) groups is 1. The summed E-state index contributed by atoms with van der Waals surface area (Å²) in [5, 5.41) is 5.55. The summed E-state index contributed by atoms with van der Waals surface area (Å²) in [6.45, 7) is 24.7. The van der Waals surface area contributed by atoms with Gasteiger partial charge in [-0.3, -0.25) is 14.8 Å². The van der Waals surface area contributed by atoms with Gasteiger partial charge in [0.15, 0.2) is 5.65 Å². The van der Waals surface area contributed by atoms with Crippen LogP contribution in [-0.2, 0) is 20.8 Å². The number of anilines is 2. The molecule has 0 spiro atoms. The van der Waals surface area contributed by atoms with E-state index in [4.69, 9.17) is 24.3 Å². The number of ether oxygens (including phenoxy) is 3. The van der Waals surface area contributed by atoms with Crippen molar-refractivity contribution in [1.82, 2.24) is 24.5 Å². The predicted octanol–water partition coefficient (Wildman–Crippen LogP) is 10.2. The van der Waals surface area contributed by atoms with Gasteiger partial charge in [0.2, 0.25) is 0 Å². The van der Waals surface area contributed by atoms with Crippen molar-refractivity contribution in [2.24, 2.45) is 5.92 Å². The third-order valence-electron chi connectivity index (χ3n) is 10.5. The molecule has 0 N–H and O–H groups in total. The van der Waals surface area contributed by atoms with Crippen LogP contribution in [0, 0.1) is 11.7 Å². The number of halogens is 1. The normalized spacial score (nSPS) is 14.6. The maximum absolute atomic E-state index is 14.4. The lowest BCUT2D eigenvalue weighted by atomic mass is 9.96. The third kappa shape index (κ3) is 12.9. The molecule has 1 aliphatic heterocycles. The van der Waals surface area contributed by atoms with Gasteiger partial charge in [-0.15, -0.1) is 0 Å². The fourth-order valence-electron chi connectivity index (χ4n) is 7.03. The van der Waals surface area contributed by atoms with E-state index in [1.807, 2.05) is 43.9 Å². The molecular weight excluding hydrogens is 778 g/mol. The highest BCUT2D eigenvalue weighted by atomic mass is 28.3. The molecule has 318 valence electrons. The summed E-state index contributed by atoms with van der Waals surface area (Å²) in [7, 11) is -2.70. The lowest BCUT2D eigenvalue weighted by molar-refractivity contribution is 0.0566. The van der Waals surface area contributed by atoms with Crippen LogP contribution < -0.4 is 9.80 Å². The highest BCUT2D eigenvalue weighted by molar-refractivity contribution is 6.76. The van der Waals surface area contributed by atoms with E-state index in [1.54, 1.807) is 27.9 Å². The van der Waals surface area contributed by atoms with Crippen molar-refractivity contribution in [3.63, 3.8) is 0 Å². The van der Waals surface area contributed by atoms with E-state index in [2.05, 4.69) is 73.4 Å². The molecule has 1 aliphatic rings. The second-order valence-corrected chi connectivity index (χ2v) is 30.6. The average molecular weight is 842 g/mol. The molecule has 3 aromatic heterocycles. The summed E-state index contributed by atoms with van der Waals surface area (Å²) >= 11 is 0. The van der Waals surface area contributed by atoms with E-state index in [-0.39, 0.29) is 25.2 Å². The summed E-state index contributed by atoms with van der Waals surface area (Å²) in [4.78, 5) is 30.5. The molecule has 0 bridgehead atoms. The molecular formula is C45H64FN7O4Si2. The molecule has 5 aromatic rings. The van der Waals surface area contributed by atoms with Crippen molar-refractivity contribution in [3.8, 4) is 11.1 Å². The maximum Gasteiger partial charge on any atom is 0.416 e. The van der Waals surface area contributed by atoms with Crippen LogP contribution in [-0.4, -0.2) is 98.6 Å². The van der Waals surface area contributed by atoms with Crippen LogP contribution in [0.2, 0.25) is 51.4 Å². The molecule has 0 aliphatic carbocycles. The number of likely N-dealkylation sites (tertiary alicyclic amines) is 1.